The lowest BCUT2D eigenvalue weighted by atomic mass is 10.2. The Hall–Kier alpha value is -0.860. The Bertz CT molecular complexity index is 660. The first-order valence-corrected chi connectivity index (χ1v) is 9.95. The number of sulfonamides is 1. The van der Waals surface area contributed by atoms with Crippen LogP contribution in [0, 0.1) is 6.92 Å². The highest BCUT2D eigenvalue weighted by Gasteiger charge is 2.24. The summed E-state index contributed by atoms with van der Waals surface area (Å²) >= 11 is 6.11. The second kappa shape index (κ2) is 8.49. The molecule has 8 heteroatoms. The van der Waals surface area contributed by atoms with Gasteiger partial charge in [-0.3, -0.25) is 4.90 Å². The standard InChI is InChI=1S/C16H25ClN2O4S/c1-4-23-15-9-12(2)14(17)10-16(15)24(20,21)18-13(3)11-19-5-7-22-8-6-19/h9-10,13,18H,4-8,11H2,1-3H3. The quantitative estimate of drug-likeness (QED) is 0.788. The number of benzene rings is 1. The van der Waals surface area contributed by atoms with Gasteiger partial charge in [-0.1, -0.05) is 11.6 Å². The fourth-order valence-electron chi connectivity index (χ4n) is 2.65. The molecule has 1 atom stereocenters. The maximum absolute atomic E-state index is 12.8. The number of nitrogens with one attached hydrogen (secondary N) is 1. The van der Waals surface area contributed by atoms with E-state index in [-0.39, 0.29) is 10.9 Å². The molecule has 1 aromatic carbocycles. The molecule has 1 heterocycles. The zero-order valence-corrected chi connectivity index (χ0v) is 15.9. The molecule has 1 saturated heterocycles. The average molecular weight is 377 g/mol. The number of halogens is 1. The highest BCUT2D eigenvalue weighted by Crippen LogP contribution is 2.30. The first-order valence-electron chi connectivity index (χ1n) is 8.09. The molecule has 136 valence electrons. The topological polar surface area (TPSA) is 67.9 Å². The van der Waals surface area contributed by atoms with Crippen molar-refractivity contribution in [1.29, 1.82) is 0 Å². The Morgan fingerprint density at radius 1 is 1.38 bits per heavy atom. The van der Waals surface area contributed by atoms with E-state index in [2.05, 4.69) is 9.62 Å². The summed E-state index contributed by atoms with van der Waals surface area (Å²) < 4.78 is 39.0. The molecule has 1 fully saturated rings. The normalized spacial score (nSPS) is 17.7. The van der Waals surface area contributed by atoms with Crippen LogP contribution in [-0.4, -0.2) is 58.8 Å². The number of hydrogen-bond acceptors (Lipinski definition) is 5. The van der Waals surface area contributed by atoms with E-state index in [1.54, 1.807) is 6.07 Å². The fourth-order valence-corrected chi connectivity index (χ4v) is 4.27. The highest BCUT2D eigenvalue weighted by atomic mass is 35.5. The minimum absolute atomic E-state index is 0.0776. The molecule has 0 amide bonds. The number of nitrogens with zero attached hydrogens (tertiary/aromatic N) is 1. The van der Waals surface area contributed by atoms with E-state index in [9.17, 15) is 8.42 Å². The van der Waals surface area contributed by atoms with Crippen molar-refractivity contribution < 1.29 is 17.9 Å². The van der Waals surface area contributed by atoms with Crippen LogP contribution in [0.4, 0.5) is 0 Å². The van der Waals surface area contributed by atoms with Crippen LogP contribution in [0.25, 0.3) is 0 Å². The van der Waals surface area contributed by atoms with Crippen molar-refractivity contribution in [2.75, 3.05) is 39.5 Å². The summed E-state index contributed by atoms with van der Waals surface area (Å²) in [5.41, 5.74) is 0.778. The third-order valence-electron chi connectivity index (χ3n) is 3.81. The van der Waals surface area contributed by atoms with Crippen LogP contribution in [0.5, 0.6) is 5.75 Å². The summed E-state index contributed by atoms with van der Waals surface area (Å²) in [6, 6.07) is 2.88. The minimum atomic E-state index is -3.72. The van der Waals surface area contributed by atoms with E-state index in [1.165, 1.54) is 6.07 Å². The van der Waals surface area contributed by atoms with Gasteiger partial charge >= 0.3 is 0 Å². The molecule has 0 bridgehead atoms. The monoisotopic (exact) mass is 376 g/mol. The molecule has 0 aromatic heterocycles. The van der Waals surface area contributed by atoms with Gasteiger partial charge in [-0.2, -0.15) is 0 Å². The van der Waals surface area contributed by atoms with Crippen LogP contribution in [0.2, 0.25) is 5.02 Å². The molecule has 2 rings (SSSR count). The van der Waals surface area contributed by atoms with Crippen molar-refractivity contribution >= 4 is 21.6 Å². The lowest BCUT2D eigenvalue weighted by Crippen LogP contribution is -2.46. The summed E-state index contributed by atoms with van der Waals surface area (Å²) in [5, 5.41) is 0.402. The number of hydrogen-bond donors (Lipinski definition) is 1. The molecule has 1 aliphatic rings. The first kappa shape index (κ1) is 19.5. The van der Waals surface area contributed by atoms with Gasteiger partial charge in [-0.25, -0.2) is 13.1 Å². The summed E-state index contributed by atoms with van der Waals surface area (Å²) in [7, 11) is -3.72. The lowest BCUT2D eigenvalue weighted by molar-refractivity contribution is 0.0354. The highest BCUT2D eigenvalue weighted by molar-refractivity contribution is 7.89. The van der Waals surface area contributed by atoms with Crippen molar-refractivity contribution in [3.05, 3.63) is 22.7 Å². The van der Waals surface area contributed by atoms with Crippen LogP contribution in [-0.2, 0) is 14.8 Å². The molecule has 1 aliphatic heterocycles. The minimum Gasteiger partial charge on any atom is -0.492 e. The van der Waals surface area contributed by atoms with Gasteiger partial charge in [0, 0.05) is 30.7 Å². The summed E-state index contributed by atoms with van der Waals surface area (Å²) in [6.07, 6.45) is 0. The molecule has 0 saturated carbocycles. The van der Waals surface area contributed by atoms with Gasteiger partial charge in [0.2, 0.25) is 10.0 Å². The molecule has 0 spiro atoms. The number of rotatable bonds is 7. The Morgan fingerprint density at radius 3 is 2.67 bits per heavy atom. The smallest absolute Gasteiger partial charge is 0.244 e. The van der Waals surface area contributed by atoms with Crippen LogP contribution >= 0.6 is 11.6 Å². The molecule has 1 unspecified atom stereocenters. The summed E-state index contributed by atoms with van der Waals surface area (Å²) in [6.45, 7) is 9.48. The molecule has 6 nitrogen and oxygen atoms in total. The van der Waals surface area contributed by atoms with Gasteiger partial charge in [0.1, 0.15) is 10.6 Å². The molecular formula is C16H25ClN2O4S. The van der Waals surface area contributed by atoms with E-state index in [1.807, 2.05) is 20.8 Å². The molecule has 24 heavy (non-hydrogen) atoms. The van der Waals surface area contributed by atoms with E-state index in [0.29, 0.717) is 37.1 Å². The van der Waals surface area contributed by atoms with Gasteiger partial charge in [0.15, 0.2) is 0 Å². The van der Waals surface area contributed by atoms with Crippen LogP contribution in [0.1, 0.15) is 19.4 Å². The van der Waals surface area contributed by atoms with Gasteiger partial charge in [0.25, 0.3) is 0 Å². The van der Waals surface area contributed by atoms with Crippen molar-refractivity contribution in [3.63, 3.8) is 0 Å². The largest absolute Gasteiger partial charge is 0.492 e. The van der Waals surface area contributed by atoms with E-state index >= 15 is 0 Å². The third-order valence-corrected chi connectivity index (χ3v) is 5.82. The van der Waals surface area contributed by atoms with Crippen LogP contribution in [0.15, 0.2) is 17.0 Å². The van der Waals surface area contributed by atoms with E-state index in [4.69, 9.17) is 21.1 Å². The fraction of sp³-hybridized carbons (Fsp3) is 0.625. The Kier molecular flexibility index (Phi) is 6.88. The maximum atomic E-state index is 12.8. The third kappa shape index (κ3) is 5.07. The van der Waals surface area contributed by atoms with Crippen LogP contribution in [0.3, 0.4) is 0 Å². The molecule has 1 aromatic rings. The number of aryl methyl sites for hydroxylation is 1. The molecule has 1 N–H and O–H groups in total. The summed E-state index contributed by atoms with van der Waals surface area (Å²) in [5.74, 6) is 0.325. The second-order valence-corrected chi connectivity index (χ2v) is 8.01. The maximum Gasteiger partial charge on any atom is 0.244 e. The Labute approximate surface area is 149 Å². The molecule has 0 aliphatic carbocycles. The van der Waals surface area contributed by atoms with Gasteiger partial charge in [0.05, 0.1) is 19.8 Å². The predicted octanol–water partition coefficient (Wildman–Crippen LogP) is 2.05. The first-order chi connectivity index (χ1) is 11.3. The second-order valence-electron chi connectivity index (χ2n) is 5.92. The zero-order chi connectivity index (χ0) is 17.7. The van der Waals surface area contributed by atoms with Gasteiger partial charge < -0.3 is 9.47 Å². The van der Waals surface area contributed by atoms with Crippen molar-refractivity contribution in [2.45, 2.75) is 31.7 Å². The van der Waals surface area contributed by atoms with E-state index < -0.39 is 10.0 Å². The van der Waals surface area contributed by atoms with Crippen molar-refractivity contribution in [1.82, 2.24) is 9.62 Å². The lowest BCUT2D eigenvalue weighted by Gasteiger charge is -2.29. The van der Waals surface area contributed by atoms with Crippen molar-refractivity contribution in [3.8, 4) is 5.75 Å². The van der Waals surface area contributed by atoms with Crippen LogP contribution < -0.4 is 9.46 Å². The number of morpholine rings is 1. The van der Waals surface area contributed by atoms with Gasteiger partial charge in [-0.15, -0.1) is 0 Å². The number of ether oxygens (including phenoxy) is 2. The zero-order valence-electron chi connectivity index (χ0n) is 14.3. The Morgan fingerprint density at radius 2 is 2.04 bits per heavy atom. The SMILES string of the molecule is CCOc1cc(C)c(Cl)cc1S(=O)(=O)NC(C)CN1CCOCC1. The van der Waals surface area contributed by atoms with Crippen molar-refractivity contribution in [2.24, 2.45) is 0 Å². The Balaban J connectivity index is 2.15. The molecule has 0 radical (unpaired) electrons. The van der Waals surface area contributed by atoms with E-state index in [0.717, 1.165) is 18.7 Å². The average Bonchev–Trinajstić information content (AvgIpc) is 2.51. The summed E-state index contributed by atoms with van der Waals surface area (Å²) in [4.78, 5) is 2.26. The van der Waals surface area contributed by atoms with Gasteiger partial charge in [-0.05, 0) is 38.5 Å². The predicted molar refractivity (Wildman–Crippen MR) is 94.4 cm³/mol. The molecular weight excluding hydrogens is 352 g/mol.